The van der Waals surface area contributed by atoms with E-state index < -0.39 is 0 Å². The molecule has 1 saturated heterocycles. The summed E-state index contributed by atoms with van der Waals surface area (Å²) in [5.41, 5.74) is 1.96. The molecule has 2 N–H and O–H groups in total. The highest BCUT2D eigenvalue weighted by Gasteiger charge is 2.19. The standard InChI is InChI=1S/C16H22N4O2/c1-2-8-20-14-6-4-3-5-13(14)18-16(20)19-15(21)10-12-11-22-9-7-17-12/h3-6,12,17H,2,7-11H2,1H3,(H,18,19,21). The van der Waals surface area contributed by atoms with Gasteiger partial charge in [-0.05, 0) is 18.6 Å². The van der Waals surface area contributed by atoms with E-state index in [1.54, 1.807) is 0 Å². The number of rotatable bonds is 5. The number of nitrogens with one attached hydrogen (secondary N) is 2. The van der Waals surface area contributed by atoms with Crippen LogP contribution in [0, 0.1) is 0 Å². The molecule has 2 heterocycles. The maximum Gasteiger partial charge on any atom is 0.228 e. The van der Waals surface area contributed by atoms with Crippen LogP contribution in [0.25, 0.3) is 11.0 Å². The minimum absolute atomic E-state index is 0.0318. The molecule has 1 unspecified atom stereocenters. The second kappa shape index (κ2) is 6.89. The Morgan fingerprint density at radius 1 is 1.50 bits per heavy atom. The Kier molecular flexibility index (Phi) is 4.70. The van der Waals surface area contributed by atoms with Crippen LogP contribution in [0.4, 0.5) is 5.95 Å². The molecule has 1 atom stereocenters. The zero-order valence-electron chi connectivity index (χ0n) is 12.8. The number of aryl methyl sites for hydroxylation is 1. The molecular weight excluding hydrogens is 280 g/mol. The van der Waals surface area contributed by atoms with E-state index in [1.165, 1.54) is 0 Å². The quantitative estimate of drug-likeness (QED) is 0.883. The SMILES string of the molecule is CCCn1c(NC(=O)CC2COCCN2)nc2ccccc21. The number of imidazole rings is 1. The summed E-state index contributed by atoms with van der Waals surface area (Å²) in [6, 6.07) is 8.03. The molecular formula is C16H22N4O2. The van der Waals surface area contributed by atoms with Crippen molar-refractivity contribution in [1.82, 2.24) is 14.9 Å². The maximum absolute atomic E-state index is 12.3. The second-order valence-corrected chi connectivity index (χ2v) is 5.55. The van der Waals surface area contributed by atoms with Crippen LogP contribution < -0.4 is 10.6 Å². The van der Waals surface area contributed by atoms with Gasteiger partial charge in [0.25, 0.3) is 0 Å². The molecule has 6 nitrogen and oxygen atoms in total. The third-order valence-corrected chi connectivity index (χ3v) is 3.78. The number of amides is 1. The number of nitrogens with zero attached hydrogens (tertiary/aromatic N) is 2. The van der Waals surface area contributed by atoms with Crippen LogP contribution in [0.3, 0.4) is 0 Å². The normalized spacial score (nSPS) is 18.5. The third-order valence-electron chi connectivity index (χ3n) is 3.78. The molecule has 118 valence electrons. The van der Waals surface area contributed by atoms with Crippen LogP contribution in [0.1, 0.15) is 19.8 Å². The molecule has 0 bridgehead atoms. The van der Waals surface area contributed by atoms with Gasteiger partial charge in [0.15, 0.2) is 0 Å². The van der Waals surface area contributed by atoms with Gasteiger partial charge in [0.05, 0.1) is 24.2 Å². The number of hydrogen-bond acceptors (Lipinski definition) is 4. The van der Waals surface area contributed by atoms with Gasteiger partial charge in [-0.2, -0.15) is 0 Å². The Morgan fingerprint density at radius 2 is 2.36 bits per heavy atom. The number of para-hydroxylation sites is 2. The van der Waals surface area contributed by atoms with E-state index in [2.05, 4.69) is 27.1 Å². The zero-order chi connectivity index (χ0) is 15.4. The molecule has 6 heteroatoms. The first-order valence-corrected chi connectivity index (χ1v) is 7.84. The van der Waals surface area contributed by atoms with Crippen molar-refractivity contribution < 1.29 is 9.53 Å². The number of carbonyl (C=O) groups excluding carboxylic acids is 1. The van der Waals surface area contributed by atoms with Crippen molar-refractivity contribution >= 4 is 22.9 Å². The predicted octanol–water partition coefficient (Wildman–Crippen LogP) is 1.76. The first-order chi connectivity index (χ1) is 10.8. The van der Waals surface area contributed by atoms with E-state index in [0.29, 0.717) is 25.6 Å². The molecule has 1 aromatic carbocycles. The molecule has 0 radical (unpaired) electrons. The lowest BCUT2D eigenvalue weighted by atomic mass is 10.2. The zero-order valence-corrected chi connectivity index (χ0v) is 12.8. The highest BCUT2D eigenvalue weighted by atomic mass is 16.5. The average Bonchev–Trinajstić information content (AvgIpc) is 2.86. The Morgan fingerprint density at radius 3 is 3.14 bits per heavy atom. The summed E-state index contributed by atoms with van der Waals surface area (Å²) in [5, 5.41) is 6.24. The Balaban J connectivity index is 1.74. The lowest BCUT2D eigenvalue weighted by molar-refractivity contribution is -0.117. The molecule has 1 aliphatic heterocycles. The highest BCUT2D eigenvalue weighted by molar-refractivity contribution is 5.91. The van der Waals surface area contributed by atoms with Gasteiger partial charge < -0.3 is 14.6 Å². The number of anilines is 1. The maximum atomic E-state index is 12.3. The van der Waals surface area contributed by atoms with Gasteiger partial charge in [-0.3, -0.25) is 10.1 Å². The fourth-order valence-electron chi connectivity index (χ4n) is 2.77. The van der Waals surface area contributed by atoms with Crippen LogP contribution in [0.15, 0.2) is 24.3 Å². The molecule has 1 aliphatic rings. The topological polar surface area (TPSA) is 68.2 Å². The molecule has 0 aliphatic carbocycles. The van der Waals surface area contributed by atoms with Crippen LogP contribution in [0.2, 0.25) is 0 Å². The van der Waals surface area contributed by atoms with E-state index in [4.69, 9.17) is 4.74 Å². The molecule has 0 saturated carbocycles. The van der Waals surface area contributed by atoms with E-state index in [1.807, 2.05) is 24.3 Å². The lowest BCUT2D eigenvalue weighted by Gasteiger charge is -2.23. The van der Waals surface area contributed by atoms with Gasteiger partial charge in [-0.1, -0.05) is 19.1 Å². The number of benzene rings is 1. The van der Waals surface area contributed by atoms with Crippen LogP contribution >= 0.6 is 0 Å². The largest absolute Gasteiger partial charge is 0.378 e. The Labute approximate surface area is 129 Å². The molecule has 1 fully saturated rings. The smallest absolute Gasteiger partial charge is 0.228 e. The third kappa shape index (κ3) is 3.28. The molecule has 22 heavy (non-hydrogen) atoms. The Hall–Kier alpha value is -1.92. The van der Waals surface area contributed by atoms with Gasteiger partial charge in [-0.25, -0.2) is 4.98 Å². The summed E-state index contributed by atoms with van der Waals surface area (Å²) < 4.78 is 7.45. The summed E-state index contributed by atoms with van der Waals surface area (Å²) >= 11 is 0. The minimum Gasteiger partial charge on any atom is -0.378 e. The summed E-state index contributed by atoms with van der Waals surface area (Å²) in [4.78, 5) is 16.8. The van der Waals surface area contributed by atoms with Crippen molar-refractivity contribution in [3.05, 3.63) is 24.3 Å². The monoisotopic (exact) mass is 302 g/mol. The van der Waals surface area contributed by atoms with Gasteiger partial charge in [0.2, 0.25) is 11.9 Å². The molecule has 1 aromatic heterocycles. The van der Waals surface area contributed by atoms with Crippen molar-refractivity contribution in [2.75, 3.05) is 25.1 Å². The fraction of sp³-hybridized carbons (Fsp3) is 0.500. The van der Waals surface area contributed by atoms with Crippen molar-refractivity contribution in [1.29, 1.82) is 0 Å². The van der Waals surface area contributed by atoms with Gasteiger partial charge in [0.1, 0.15) is 0 Å². The first-order valence-electron chi connectivity index (χ1n) is 7.84. The summed E-state index contributed by atoms with van der Waals surface area (Å²) in [5.74, 6) is 0.598. The van der Waals surface area contributed by atoms with E-state index in [9.17, 15) is 4.79 Å². The van der Waals surface area contributed by atoms with Crippen molar-refractivity contribution in [2.45, 2.75) is 32.4 Å². The second-order valence-electron chi connectivity index (χ2n) is 5.55. The summed E-state index contributed by atoms with van der Waals surface area (Å²) in [6.45, 7) is 5.04. The molecule has 1 amide bonds. The lowest BCUT2D eigenvalue weighted by Crippen LogP contribution is -2.43. The Bertz CT molecular complexity index is 647. The van der Waals surface area contributed by atoms with Gasteiger partial charge in [-0.15, -0.1) is 0 Å². The number of ether oxygens (including phenoxy) is 1. The molecule has 0 spiro atoms. The minimum atomic E-state index is -0.0318. The molecule has 2 aromatic rings. The predicted molar refractivity (Wildman–Crippen MR) is 85.9 cm³/mol. The van der Waals surface area contributed by atoms with Crippen LogP contribution in [0.5, 0.6) is 0 Å². The van der Waals surface area contributed by atoms with Crippen LogP contribution in [-0.2, 0) is 16.1 Å². The van der Waals surface area contributed by atoms with Gasteiger partial charge >= 0.3 is 0 Å². The average molecular weight is 302 g/mol. The fourth-order valence-corrected chi connectivity index (χ4v) is 2.77. The van der Waals surface area contributed by atoms with Gasteiger partial charge in [0, 0.05) is 25.6 Å². The van der Waals surface area contributed by atoms with E-state index in [-0.39, 0.29) is 11.9 Å². The number of aromatic nitrogens is 2. The van der Waals surface area contributed by atoms with E-state index >= 15 is 0 Å². The highest BCUT2D eigenvalue weighted by Crippen LogP contribution is 2.20. The van der Waals surface area contributed by atoms with Crippen molar-refractivity contribution in [2.24, 2.45) is 0 Å². The number of fused-ring (bicyclic) bond motifs is 1. The number of morpholine rings is 1. The van der Waals surface area contributed by atoms with Crippen molar-refractivity contribution in [3.8, 4) is 0 Å². The van der Waals surface area contributed by atoms with E-state index in [0.717, 1.165) is 30.5 Å². The first kappa shape index (κ1) is 15.0. The molecule has 3 rings (SSSR count). The van der Waals surface area contributed by atoms with Crippen LogP contribution in [-0.4, -0.2) is 41.3 Å². The van der Waals surface area contributed by atoms with Crippen molar-refractivity contribution in [3.63, 3.8) is 0 Å². The summed E-state index contributed by atoms with van der Waals surface area (Å²) in [7, 11) is 0. The summed E-state index contributed by atoms with van der Waals surface area (Å²) in [6.07, 6.45) is 1.39. The number of carbonyl (C=O) groups is 1. The number of hydrogen-bond donors (Lipinski definition) is 2.